The number of aryl methyl sites for hydroxylation is 3. The molecule has 0 aliphatic heterocycles. The van der Waals surface area contributed by atoms with Crippen LogP contribution in [0.15, 0.2) is 24.3 Å². The molecule has 0 saturated carbocycles. The van der Waals surface area contributed by atoms with Gasteiger partial charge >= 0.3 is 5.97 Å². The Morgan fingerprint density at radius 3 is 2.39 bits per heavy atom. The second-order valence-electron chi connectivity index (χ2n) is 6.25. The topological polar surface area (TPSA) is 116 Å². The largest absolute Gasteiger partial charge is 0.456 e. The molecule has 8 nitrogen and oxygen atoms in total. The van der Waals surface area contributed by atoms with Gasteiger partial charge in [0.1, 0.15) is 5.69 Å². The molecule has 0 unspecified atom stereocenters. The minimum Gasteiger partial charge on any atom is -0.456 e. The lowest BCUT2D eigenvalue weighted by Crippen LogP contribution is -2.21. The molecular formula is C19H20N2O6S. The number of ether oxygens (including phenoxy) is 1. The maximum absolute atomic E-state index is 12.0. The van der Waals surface area contributed by atoms with Crippen LogP contribution < -0.4 is 5.32 Å². The molecule has 0 atom stereocenters. The van der Waals surface area contributed by atoms with Crippen molar-refractivity contribution in [2.45, 2.75) is 33.6 Å². The lowest BCUT2D eigenvalue weighted by atomic mass is 10.1. The number of amides is 1. The van der Waals surface area contributed by atoms with Gasteiger partial charge < -0.3 is 10.1 Å². The minimum absolute atomic E-state index is 0.0109. The highest BCUT2D eigenvalue weighted by Gasteiger charge is 2.18. The standard InChI is InChI=1S/C19H20N2O6S/c1-11-8-14(15(21(25)26)9-12(11)2)20-18(23)10-27-19(24)7-5-16(22)17-6-4-13(3)28-17/h4,6,8-9H,5,7,10H2,1-3H3,(H,20,23). The van der Waals surface area contributed by atoms with Gasteiger partial charge in [0.25, 0.3) is 11.6 Å². The highest BCUT2D eigenvalue weighted by atomic mass is 32.1. The summed E-state index contributed by atoms with van der Waals surface area (Å²) in [6, 6.07) is 6.40. The first-order valence-electron chi connectivity index (χ1n) is 8.48. The maximum atomic E-state index is 12.0. The lowest BCUT2D eigenvalue weighted by molar-refractivity contribution is -0.384. The van der Waals surface area contributed by atoms with Crippen LogP contribution in [0.2, 0.25) is 0 Å². The number of carbonyl (C=O) groups excluding carboxylic acids is 3. The molecule has 28 heavy (non-hydrogen) atoms. The number of carbonyl (C=O) groups is 3. The molecule has 1 heterocycles. The molecule has 0 aliphatic rings. The lowest BCUT2D eigenvalue weighted by Gasteiger charge is -2.09. The molecule has 2 rings (SSSR count). The van der Waals surface area contributed by atoms with Crippen molar-refractivity contribution in [2.24, 2.45) is 0 Å². The van der Waals surface area contributed by atoms with Gasteiger partial charge in [-0.1, -0.05) is 0 Å². The predicted octanol–water partition coefficient (Wildman–Crippen LogP) is 3.73. The molecule has 0 spiro atoms. The first-order chi connectivity index (χ1) is 13.2. The predicted molar refractivity (Wildman–Crippen MR) is 105 cm³/mol. The van der Waals surface area contributed by atoms with Crippen molar-refractivity contribution in [3.8, 4) is 0 Å². The van der Waals surface area contributed by atoms with Crippen molar-refractivity contribution < 1.29 is 24.0 Å². The van der Waals surface area contributed by atoms with Crippen LogP contribution in [0.25, 0.3) is 0 Å². The highest BCUT2D eigenvalue weighted by molar-refractivity contribution is 7.14. The van der Waals surface area contributed by atoms with Crippen molar-refractivity contribution in [3.05, 3.63) is 55.3 Å². The van der Waals surface area contributed by atoms with Gasteiger partial charge in [-0.05, 0) is 50.1 Å². The van der Waals surface area contributed by atoms with E-state index in [4.69, 9.17) is 4.74 Å². The number of nitro groups is 1. The Kier molecular flexibility index (Phi) is 7.00. The summed E-state index contributed by atoms with van der Waals surface area (Å²) in [4.78, 5) is 47.8. The zero-order valence-electron chi connectivity index (χ0n) is 15.7. The van der Waals surface area contributed by atoms with Gasteiger partial charge in [-0.25, -0.2) is 0 Å². The summed E-state index contributed by atoms with van der Waals surface area (Å²) >= 11 is 1.35. The maximum Gasteiger partial charge on any atom is 0.306 e. The Morgan fingerprint density at radius 1 is 1.11 bits per heavy atom. The molecule has 1 amide bonds. The summed E-state index contributed by atoms with van der Waals surface area (Å²) in [7, 11) is 0. The van der Waals surface area contributed by atoms with E-state index in [9.17, 15) is 24.5 Å². The number of anilines is 1. The third-order valence-electron chi connectivity index (χ3n) is 4.02. The molecule has 0 bridgehead atoms. The van der Waals surface area contributed by atoms with E-state index in [1.807, 2.05) is 13.0 Å². The number of nitrogens with zero attached hydrogens (tertiary/aromatic N) is 1. The summed E-state index contributed by atoms with van der Waals surface area (Å²) in [5.41, 5.74) is 1.30. The molecule has 1 aromatic heterocycles. The van der Waals surface area contributed by atoms with Crippen LogP contribution >= 0.6 is 11.3 Å². The fourth-order valence-electron chi connectivity index (χ4n) is 2.38. The van der Waals surface area contributed by atoms with Gasteiger partial charge in [0, 0.05) is 17.4 Å². The van der Waals surface area contributed by atoms with Gasteiger partial charge in [0.15, 0.2) is 12.4 Å². The van der Waals surface area contributed by atoms with Gasteiger partial charge in [0.2, 0.25) is 0 Å². The monoisotopic (exact) mass is 404 g/mol. The number of nitrogens with one attached hydrogen (secondary N) is 1. The Balaban J connectivity index is 1.85. The molecule has 1 aromatic carbocycles. The number of hydrogen-bond acceptors (Lipinski definition) is 7. The molecular weight excluding hydrogens is 384 g/mol. The Bertz CT molecular complexity index is 935. The van der Waals surface area contributed by atoms with E-state index < -0.39 is 23.4 Å². The van der Waals surface area contributed by atoms with Crippen LogP contribution in [-0.4, -0.2) is 29.2 Å². The zero-order chi connectivity index (χ0) is 20.8. The van der Waals surface area contributed by atoms with Crippen LogP contribution in [-0.2, 0) is 14.3 Å². The van der Waals surface area contributed by atoms with Crippen molar-refractivity contribution in [3.63, 3.8) is 0 Å². The molecule has 0 fully saturated rings. The number of esters is 1. The molecule has 0 aliphatic carbocycles. The summed E-state index contributed by atoms with van der Waals surface area (Å²) in [6.07, 6.45) is -0.157. The average molecular weight is 404 g/mol. The van der Waals surface area contributed by atoms with Crippen molar-refractivity contribution in [1.29, 1.82) is 0 Å². The van der Waals surface area contributed by atoms with Gasteiger partial charge in [-0.3, -0.25) is 24.5 Å². The van der Waals surface area contributed by atoms with Gasteiger partial charge in [-0.2, -0.15) is 0 Å². The summed E-state index contributed by atoms with van der Waals surface area (Å²) in [5.74, 6) is -1.54. The third-order valence-corrected chi connectivity index (χ3v) is 5.06. The average Bonchev–Trinajstić information content (AvgIpc) is 3.07. The number of nitro benzene ring substituents is 1. The van der Waals surface area contributed by atoms with Crippen LogP contribution in [0.1, 0.15) is 38.5 Å². The zero-order valence-corrected chi connectivity index (χ0v) is 16.6. The molecule has 0 radical (unpaired) electrons. The first kappa shape index (κ1) is 21.2. The molecule has 9 heteroatoms. The van der Waals surface area contributed by atoms with Crippen molar-refractivity contribution in [2.75, 3.05) is 11.9 Å². The molecule has 2 aromatic rings. The van der Waals surface area contributed by atoms with Crippen LogP contribution in [0.5, 0.6) is 0 Å². The SMILES string of the molecule is Cc1ccc(C(=O)CCC(=O)OCC(=O)Nc2cc(C)c(C)cc2[N+](=O)[O-])s1. The fourth-order valence-corrected chi connectivity index (χ4v) is 3.21. The first-order valence-corrected chi connectivity index (χ1v) is 9.29. The van der Waals surface area contributed by atoms with Crippen LogP contribution in [0.3, 0.4) is 0 Å². The van der Waals surface area contributed by atoms with Crippen molar-refractivity contribution in [1.82, 2.24) is 0 Å². The van der Waals surface area contributed by atoms with E-state index in [2.05, 4.69) is 5.32 Å². The third kappa shape index (κ3) is 5.71. The fraction of sp³-hybridized carbons (Fsp3) is 0.316. The Labute approximate surface area is 165 Å². The quantitative estimate of drug-likeness (QED) is 0.310. The minimum atomic E-state index is -0.695. The number of hydrogen-bond donors (Lipinski definition) is 1. The van der Waals surface area contributed by atoms with Crippen LogP contribution in [0, 0.1) is 30.9 Å². The summed E-state index contributed by atoms with van der Waals surface area (Å²) in [5, 5.41) is 13.5. The van der Waals surface area contributed by atoms with E-state index in [1.165, 1.54) is 23.5 Å². The van der Waals surface area contributed by atoms with Crippen LogP contribution in [0.4, 0.5) is 11.4 Å². The second kappa shape index (κ2) is 9.23. The van der Waals surface area contributed by atoms with E-state index in [1.54, 1.807) is 19.9 Å². The molecule has 0 saturated heterocycles. The smallest absolute Gasteiger partial charge is 0.306 e. The normalized spacial score (nSPS) is 10.4. The number of benzene rings is 1. The number of thiophene rings is 1. The number of ketones is 1. The van der Waals surface area contributed by atoms with E-state index >= 15 is 0 Å². The summed E-state index contributed by atoms with van der Waals surface area (Å²) < 4.78 is 4.85. The van der Waals surface area contributed by atoms with E-state index in [0.717, 1.165) is 16.0 Å². The Hall–Kier alpha value is -3.07. The molecule has 1 N–H and O–H groups in total. The molecule has 148 valence electrons. The van der Waals surface area contributed by atoms with E-state index in [-0.39, 0.29) is 30.0 Å². The summed E-state index contributed by atoms with van der Waals surface area (Å²) in [6.45, 7) is 4.79. The van der Waals surface area contributed by atoms with Gasteiger partial charge in [-0.15, -0.1) is 11.3 Å². The van der Waals surface area contributed by atoms with E-state index in [0.29, 0.717) is 4.88 Å². The highest BCUT2D eigenvalue weighted by Crippen LogP contribution is 2.27. The van der Waals surface area contributed by atoms with Crippen molar-refractivity contribution >= 4 is 40.4 Å². The number of rotatable bonds is 8. The second-order valence-corrected chi connectivity index (χ2v) is 7.54. The van der Waals surface area contributed by atoms with Gasteiger partial charge in [0.05, 0.1) is 16.2 Å². The number of Topliss-reactive ketones (excluding diaryl/α,β-unsaturated/α-hetero) is 1. The Morgan fingerprint density at radius 2 is 1.79 bits per heavy atom.